The molecule has 0 radical (unpaired) electrons. The zero-order valence-corrected chi connectivity index (χ0v) is 16.3. The van der Waals surface area contributed by atoms with Gasteiger partial charge in [-0.1, -0.05) is 30.3 Å². The fourth-order valence-electron chi connectivity index (χ4n) is 3.55. The number of nitrogens with two attached hydrogens (primary N) is 1. The van der Waals surface area contributed by atoms with Gasteiger partial charge in [-0.2, -0.15) is 26.3 Å². The fraction of sp³-hybridized carbons (Fsp3) is 0.381. The highest BCUT2D eigenvalue weighted by atomic mass is 19.4. The molecule has 0 unspecified atom stereocenters. The van der Waals surface area contributed by atoms with E-state index in [9.17, 15) is 31.1 Å². The van der Waals surface area contributed by atoms with Crippen LogP contribution in [-0.2, 0) is 27.4 Å². The van der Waals surface area contributed by atoms with Gasteiger partial charge in [0.2, 0.25) is 5.91 Å². The lowest BCUT2D eigenvalue weighted by Crippen LogP contribution is -2.43. The first-order valence-electron chi connectivity index (χ1n) is 9.36. The van der Waals surface area contributed by atoms with E-state index >= 15 is 0 Å². The van der Waals surface area contributed by atoms with E-state index < -0.39 is 47.1 Å². The smallest absolute Gasteiger partial charge is 0.371 e. The van der Waals surface area contributed by atoms with Crippen molar-refractivity contribution in [2.45, 2.75) is 43.4 Å². The molecule has 3 N–H and O–H groups in total. The molecule has 1 aliphatic heterocycles. The number of halogens is 6. The Morgan fingerprint density at radius 3 is 2.06 bits per heavy atom. The van der Waals surface area contributed by atoms with Crippen LogP contribution in [0, 0.1) is 0 Å². The highest BCUT2D eigenvalue weighted by Gasteiger charge is 2.45. The summed E-state index contributed by atoms with van der Waals surface area (Å²) < 4.78 is 84.5. The number of carbonyl (C=O) groups excluding carboxylic acids is 1. The quantitative estimate of drug-likeness (QED) is 0.663. The number of hydrogen-bond acceptors (Lipinski definition) is 3. The maximum absolute atomic E-state index is 13.1. The summed E-state index contributed by atoms with van der Waals surface area (Å²) in [5.41, 5.74) is 2.35. The predicted molar refractivity (Wildman–Crippen MR) is 99.7 cm³/mol. The Bertz CT molecular complexity index is 913. The van der Waals surface area contributed by atoms with Crippen LogP contribution < -0.4 is 11.1 Å². The maximum Gasteiger partial charge on any atom is 0.416 e. The number of carbonyl (C=O) groups is 1. The minimum atomic E-state index is -4.95. The maximum atomic E-state index is 13.1. The number of amides is 1. The van der Waals surface area contributed by atoms with Gasteiger partial charge < -0.3 is 15.8 Å². The second-order valence-electron chi connectivity index (χ2n) is 7.54. The summed E-state index contributed by atoms with van der Waals surface area (Å²) in [5.74, 6) is -0.418. The van der Waals surface area contributed by atoms with Gasteiger partial charge in [0.25, 0.3) is 0 Å². The van der Waals surface area contributed by atoms with Crippen molar-refractivity contribution >= 4 is 5.91 Å². The zero-order chi connectivity index (χ0) is 23.0. The van der Waals surface area contributed by atoms with Crippen LogP contribution in [0.15, 0.2) is 48.5 Å². The standard InChI is InChI=1S/C21H20F6N2O2/c1-12(13-7-15(20(22,23)24)9-16(8-13)21(25,26)27)31-11-19(10-17(28)18(30)29-19)14-5-3-2-4-6-14/h2-9,12,17H,10-11,28H2,1H3,(H,29,30)/t12-,17+,19-/m1/s1. The van der Waals surface area contributed by atoms with E-state index in [4.69, 9.17) is 10.5 Å². The van der Waals surface area contributed by atoms with Crippen LogP contribution in [0.25, 0.3) is 0 Å². The highest BCUT2D eigenvalue weighted by Crippen LogP contribution is 2.39. The Morgan fingerprint density at radius 1 is 1.06 bits per heavy atom. The van der Waals surface area contributed by atoms with E-state index in [0.29, 0.717) is 17.7 Å². The molecule has 0 bridgehead atoms. The molecule has 0 aliphatic carbocycles. The van der Waals surface area contributed by atoms with Gasteiger partial charge in [0, 0.05) is 6.42 Å². The molecule has 1 fully saturated rings. The molecule has 1 amide bonds. The second-order valence-corrected chi connectivity index (χ2v) is 7.54. The number of nitrogens with one attached hydrogen (secondary N) is 1. The van der Waals surface area contributed by atoms with Gasteiger partial charge in [-0.15, -0.1) is 0 Å². The lowest BCUT2D eigenvalue weighted by molar-refractivity contribution is -0.143. The largest absolute Gasteiger partial charge is 0.416 e. The van der Waals surface area contributed by atoms with Crippen molar-refractivity contribution in [3.05, 3.63) is 70.8 Å². The fourth-order valence-corrected chi connectivity index (χ4v) is 3.55. The summed E-state index contributed by atoms with van der Waals surface area (Å²) in [6.45, 7) is 1.17. The van der Waals surface area contributed by atoms with Gasteiger partial charge in [-0.3, -0.25) is 4.79 Å². The number of rotatable bonds is 5. The third-order valence-electron chi connectivity index (χ3n) is 5.25. The minimum absolute atomic E-state index is 0.0674. The van der Waals surface area contributed by atoms with Gasteiger partial charge in [0.15, 0.2) is 0 Å². The van der Waals surface area contributed by atoms with E-state index in [1.807, 2.05) is 0 Å². The number of benzene rings is 2. The van der Waals surface area contributed by atoms with Crippen LogP contribution in [0.4, 0.5) is 26.3 Å². The van der Waals surface area contributed by atoms with Crippen LogP contribution in [0.3, 0.4) is 0 Å². The van der Waals surface area contributed by atoms with Crippen molar-refractivity contribution in [1.82, 2.24) is 5.32 Å². The van der Waals surface area contributed by atoms with E-state index in [-0.39, 0.29) is 24.7 Å². The third kappa shape index (κ3) is 5.01. The van der Waals surface area contributed by atoms with Crippen molar-refractivity contribution in [3.8, 4) is 0 Å². The van der Waals surface area contributed by atoms with Crippen molar-refractivity contribution in [1.29, 1.82) is 0 Å². The van der Waals surface area contributed by atoms with Crippen LogP contribution in [0.5, 0.6) is 0 Å². The van der Waals surface area contributed by atoms with E-state index in [1.54, 1.807) is 30.3 Å². The second kappa shape index (κ2) is 8.16. The Labute approximate surface area is 174 Å². The van der Waals surface area contributed by atoms with E-state index in [2.05, 4.69) is 5.32 Å². The van der Waals surface area contributed by atoms with Gasteiger partial charge in [0.1, 0.15) is 0 Å². The van der Waals surface area contributed by atoms with Crippen LogP contribution in [0.1, 0.15) is 41.7 Å². The first kappa shape index (κ1) is 23.1. The van der Waals surface area contributed by atoms with Crippen molar-refractivity contribution < 1.29 is 35.9 Å². The zero-order valence-electron chi connectivity index (χ0n) is 16.3. The Balaban J connectivity index is 1.90. The molecule has 3 atom stereocenters. The molecular weight excluding hydrogens is 426 g/mol. The molecule has 0 aromatic heterocycles. The molecule has 0 spiro atoms. The lowest BCUT2D eigenvalue weighted by atomic mass is 9.88. The van der Waals surface area contributed by atoms with Gasteiger partial charge in [-0.05, 0) is 36.2 Å². The van der Waals surface area contributed by atoms with Crippen LogP contribution >= 0.6 is 0 Å². The average Bonchev–Trinajstić information content (AvgIpc) is 3.00. The highest BCUT2D eigenvalue weighted by molar-refractivity contribution is 5.85. The van der Waals surface area contributed by atoms with E-state index in [0.717, 1.165) is 0 Å². The SMILES string of the molecule is C[C@@H](OC[C@@]1(c2ccccc2)C[C@H](N)C(=O)N1)c1cc(C(F)(F)F)cc(C(F)(F)F)c1. The third-order valence-corrected chi connectivity index (χ3v) is 5.25. The molecule has 10 heteroatoms. The monoisotopic (exact) mass is 446 g/mol. The molecule has 1 saturated heterocycles. The summed E-state index contributed by atoms with van der Waals surface area (Å²) in [6, 6.07) is 9.22. The lowest BCUT2D eigenvalue weighted by Gasteiger charge is -2.31. The molecule has 31 heavy (non-hydrogen) atoms. The van der Waals surface area contributed by atoms with Gasteiger partial charge >= 0.3 is 12.4 Å². The van der Waals surface area contributed by atoms with Crippen LogP contribution in [0.2, 0.25) is 0 Å². The predicted octanol–water partition coefficient (Wildman–Crippen LogP) is 4.54. The molecule has 2 aromatic carbocycles. The summed E-state index contributed by atoms with van der Waals surface area (Å²) in [4.78, 5) is 12.0. The van der Waals surface area contributed by atoms with Crippen LogP contribution in [-0.4, -0.2) is 18.6 Å². The normalized spacial score (nSPS) is 23.0. The Hall–Kier alpha value is -2.59. The molecule has 2 aromatic rings. The van der Waals surface area contributed by atoms with Gasteiger partial charge in [0.05, 0.1) is 35.4 Å². The summed E-state index contributed by atoms with van der Waals surface area (Å²) >= 11 is 0. The minimum Gasteiger partial charge on any atom is -0.371 e. The topological polar surface area (TPSA) is 64.3 Å². The molecule has 1 aliphatic rings. The first-order valence-corrected chi connectivity index (χ1v) is 9.36. The molecular formula is C21H20F6N2O2. The molecule has 168 valence electrons. The number of ether oxygens (including phenoxy) is 1. The summed E-state index contributed by atoms with van der Waals surface area (Å²) in [5, 5.41) is 2.76. The molecule has 4 nitrogen and oxygen atoms in total. The van der Waals surface area contributed by atoms with Crippen molar-refractivity contribution in [3.63, 3.8) is 0 Å². The average molecular weight is 446 g/mol. The molecule has 1 heterocycles. The molecule has 0 saturated carbocycles. The van der Waals surface area contributed by atoms with Crippen molar-refractivity contribution in [2.24, 2.45) is 5.73 Å². The number of alkyl halides is 6. The first-order chi connectivity index (χ1) is 14.3. The summed E-state index contributed by atoms with van der Waals surface area (Å²) in [7, 11) is 0. The Morgan fingerprint density at radius 2 is 1.61 bits per heavy atom. The number of hydrogen-bond donors (Lipinski definition) is 2. The Kier molecular flexibility index (Phi) is 6.07. The van der Waals surface area contributed by atoms with Gasteiger partial charge in [-0.25, -0.2) is 0 Å². The van der Waals surface area contributed by atoms with Crippen molar-refractivity contribution in [2.75, 3.05) is 6.61 Å². The molecule has 3 rings (SSSR count). The summed E-state index contributed by atoms with van der Waals surface area (Å²) in [6.07, 6.45) is -10.8. The van der Waals surface area contributed by atoms with E-state index in [1.165, 1.54) is 6.92 Å².